The highest BCUT2D eigenvalue weighted by Gasteiger charge is 2.58. The van der Waals surface area contributed by atoms with E-state index in [9.17, 15) is 14.4 Å². The van der Waals surface area contributed by atoms with Crippen LogP contribution < -0.4 is 31.9 Å². The summed E-state index contributed by atoms with van der Waals surface area (Å²) >= 11 is 10.4. The van der Waals surface area contributed by atoms with E-state index < -0.39 is 118 Å². The van der Waals surface area contributed by atoms with Gasteiger partial charge in [-0.15, -0.1) is 0 Å². The second-order valence-corrected chi connectivity index (χ2v) is 24.0. The first-order valence-corrected chi connectivity index (χ1v) is 27.4. The second kappa shape index (κ2) is 24.6. The number of ether oxygens (including phenoxy) is 5. The summed E-state index contributed by atoms with van der Waals surface area (Å²) in [5.41, 5.74) is -4.66. The minimum atomic E-state index is -1.89. The van der Waals surface area contributed by atoms with Gasteiger partial charge >= 0.3 is 12.1 Å². The van der Waals surface area contributed by atoms with E-state index in [-0.39, 0.29) is 39.1 Å². The van der Waals surface area contributed by atoms with Crippen LogP contribution in [0.2, 0.25) is 0 Å². The van der Waals surface area contributed by atoms with Crippen molar-refractivity contribution in [2.45, 2.75) is 140 Å². The largest absolute Gasteiger partial charge is 0.467 e. The Hall–Kier alpha value is -4.93. The number of halogens is 3. The number of benzene rings is 3. The predicted molar refractivity (Wildman–Crippen MR) is 289 cm³/mol. The topological polar surface area (TPSA) is 238 Å². The number of carbonyl (C=O) groups excluding carboxylic acids is 7. The molecule has 0 bridgehead atoms. The second-order valence-electron chi connectivity index (χ2n) is 21.3. The summed E-state index contributed by atoms with van der Waals surface area (Å²) in [6.07, 6.45) is -4.02. The summed E-state index contributed by atoms with van der Waals surface area (Å²) in [4.78, 5) is 102. The van der Waals surface area contributed by atoms with Crippen LogP contribution in [0.3, 0.4) is 0 Å². The Labute approximate surface area is 463 Å². The van der Waals surface area contributed by atoms with Crippen molar-refractivity contribution < 1.29 is 57.2 Å². The van der Waals surface area contributed by atoms with Gasteiger partial charge in [0, 0.05) is 32.7 Å². The molecule has 3 aromatic carbocycles. The zero-order chi connectivity index (χ0) is 55.2. The van der Waals surface area contributed by atoms with E-state index in [4.69, 9.17) is 23.7 Å². The van der Waals surface area contributed by atoms with Gasteiger partial charge in [0.1, 0.15) is 42.0 Å². The van der Waals surface area contributed by atoms with Crippen LogP contribution in [-0.2, 0) is 52.5 Å². The summed E-state index contributed by atoms with van der Waals surface area (Å²) in [5, 5.41) is 17.5. The molecule has 6 N–H and O–H groups in total. The van der Waals surface area contributed by atoms with E-state index in [1.165, 1.54) is 7.11 Å². The highest BCUT2D eigenvalue weighted by Crippen LogP contribution is 2.43. The maximum Gasteiger partial charge on any atom is 0.408 e. The monoisotopic (exact) mass is 1230 g/mol. The quantitative estimate of drug-likeness (QED) is 0.0687. The number of methoxy groups -OCH3 is 1. The van der Waals surface area contributed by atoms with Gasteiger partial charge in [-0.05, 0) is 91.6 Å². The Kier molecular flexibility index (Phi) is 19.5. The van der Waals surface area contributed by atoms with E-state index in [0.717, 1.165) is 13.4 Å². The molecule has 3 aliphatic heterocycles. The Morgan fingerprint density at radius 2 is 0.800 bits per heavy atom. The number of esters is 1. The number of hydrogen-bond acceptors (Lipinski definition) is 12. The fourth-order valence-electron chi connectivity index (χ4n) is 9.73. The first kappa shape index (κ1) is 59.3. The highest BCUT2D eigenvalue weighted by atomic mass is 79.9. The minimum absolute atomic E-state index is 0.00240. The Morgan fingerprint density at radius 1 is 0.507 bits per heavy atom. The lowest BCUT2D eigenvalue weighted by atomic mass is 9.83. The molecule has 6 amide bonds. The van der Waals surface area contributed by atoms with E-state index in [1.54, 1.807) is 135 Å². The molecule has 9 atom stereocenters. The predicted octanol–water partition coefficient (Wildman–Crippen LogP) is 7.33. The van der Waals surface area contributed by atoms with Crippen molar-refractivity contribution in [3.05, 3.63) is 103 Å². The van der Waals surface area contributed by atoms with Crippen molar-refractivity contribution >= 4 is 89.4 Å². The number of rotatable bonds is 18. The number of carbonyl (C=O) groups is 7. The number of hydrogen-bond donors (Lipinski definition) is 6. The average molecular weight is 1230 g/mol. The van der Waals surface area contributed by atoms with Crippen LogP contribution in [0, 0.1) is 17.8 Å². The fraction of sp³-hybridized carbons (Fsp3) is 0.537. The summed E-state index contributed by atoms with van der Waals surface area (Å²) in [6, 6.07) is 17.5. The Balaban J connectivity index is 1.36. The third-order valence-corrected chi connectivity index (χ3v) is 15.3. The van der Waals surface area contributed by atoms with Gasteiger partial charge in [-0.2, -0.15) is 0 Å². The molecular weight excluding hydrogens is 1160 g/mol. The molecule has 0 saturated carbocycles. The van der Waals surface area contributed by atoms with Crippen molar-refractivity contribution in [2.75, 3.05) is 26.9 Å². The van der Waals surface area contributed by atoms with Crippen molar-refractivity contribution in [3.63, 3.8) is 0 Å². The van der Waals surface area contributed by atoms with Gasteiger partial charge in [-0.3, -0.25) is 24.0 Å². The summed E-state index contributed by atoms with van der Waals surface area (Å²) in [5.74, 6) is -5.95. The zero-order valence-corrected chi connectivity index (χ0v) is 48.7. The third kappa shape index (κ3) is 13.4. The van der Waals surface area contributed by atoms with Crippen molar-refractivity contribution in [2.24, 2.45) is 17.8 Å². The molecule has 0 radical (unpaired) electrons. The molecule has 0 aromatic heterocycles. The lowest BCUT2D eigenvalue weighted by Crippen LogP contribution is -2.69. The first-order chi connectivity index (χ1) is 35.3. The zero-order valence-electron chi connectivity index (χ0n) is 43.9. The molecular formula is C54H69Br3N6O12. The lowest BCUT2D eigenvalue weighted by Gasteiger charge is -2.39. The van der Waals surface area contributed by atoms with Crippen LogP contribution in [-0.4, -0.2) is 109 Å². The molecule has 3 aromatic rings. The standard InChI is InChI=1S/C54H69Br3N6O12/c1-29(2)38(44(64)62-53(48(68)60-40(31(5)6)46(66)71-10)24-27-73-42(53)33-13-19-36(56)20-14-33)58-47(67)52(23-26-72-41(52)32-11-17-35(55)18-12-32)61-45(65)39(30(3)4)59-49(69)54(63-50(70)75-51(7,8)9)25-28-74-43(54)34-15-21-37(57)22-16-34/h11-22,29-31,38-43H,23-28H2,1-10H3,(H,58,67)(H,59,69)(H,60,68)(H,61,65)(H,62,64)(H,63,70)/t38-,39-,40-,41+,42+,43+,52-,53-,54-/m1/s1. The molecule has 0 spiro atoms. The molecule has 6 rings (SSSR count). The van der Waals surface area contributed by atoms with Crippen LogP contribution >= 0.6 is 47.8 Å². The number of amides is 6. The van der Waals surface area contributed by atoms with Crippen LogP contribution in [0.5, 0.6) is 0 Å². The maximum atomic E-state index is 15.5. The third-order valence-electron chi connectivity index (χ3n) is 13.7. The number of alkyl carbamates (subject to hydrolysis) is 1. The summed E-state index contributed by atoms with van der Waals surface area (Å²) in [6.45, 7) is 15.7. The van der Waals surface area contributed by atoms with E-state index in [1.807, 2.05) is 0 Å². The Bertz CT molecular complexity index is 2560. The van der Waals surface area contributed by atoms with Gasteiger partial charge < -0.3 is 55.6 Å². The van der Waals surface area contributed by atoms with Crippen LogP contribution in [0.1, 0.15) is 117 Å². The molecule has 18 nitrogen and oxygen atoms in total. The van der Waals surface area contributed by atoms with Gasteiger partial charge in [-0.25, -0.2) is 9.59 Å². The van der Waals surface area contributed by atoms with Crippen LogP contribution in [0.25, 0.3) is 0 Å². The molecule has 3 saturated heterocycles. The van der Waals surface area contributed by atoms with Gasteiger partial charge in [0.2, 0.25) is 29.5 Å². The smallest absolute Gasteiger partial charge is 0.408 e. The molecule has 0 unspecified atom stereocenters. The molecule has 3 heterocycles. The summed E-state index contributed by atoms with van der Waals surface area (Å²) < 4.78 is 31.7. The van der Waals surface area contributed by atoms with Crippen LogP contribution in [0.4, 0.5) is 4.79 Å². The fourth-order valence-corrected chi connectivity index (χ4v) is 10.5. The van der Waals surface area contributed by atoms with Crippen molar-refractivity contribution in [1.29, 1.82) is 0 Å². The first-order valence-electron chi connectivity index (χ1n) is 25.0. The van der Waals surface area contributed by atoms with E-state index >= 15 is 19.2 Å². The lowest BCUT2D eigenvalue weighted by molar-refractivity contribution is -0.148. The molecule has 75 heavy (non-hydrogen) atoms. The van der Waals surface area contributed by atoms with E-state index in [2.05, 4.69) is 79.7 Å². The van der Waals surface area contributed by atoms with Gasteiger partial charge in [0.15, 0.2) is 16.6 Å². The molecule has 408 valence electrons. The highest BCUT2D eigenvalue weighted by molar-refractivity contribution is 9.11. The van der Waals surface area contributed by atoms with Gasteiger partial charge in [-0.1, -0.05) is 126 Å². The SMILES string of the molecule is COC(=O)[C@H](NC(=O)[C@@]1(NC(=O)[C@H](NC(=O)[C@@]2(NC(=O)[C@H](NC(=O)[C@@]3(NC(=O)OC(C)(C)C)CCO[C@H]3c3ccc(Br)cc3)C(C)C)CCO[C@H]2c2ccc(Br)cc2)C(C)C)CCO[C@H]1c1ccc(Br)cc1)C(C)C. The molecule has 21 heteroatoms. The molecule has 0 aliphatic carbocycles. The Morgan fingerprint density at radius 3 is 1.08 bits per heavy atom. The van der Waals surface area contributed by atoms with Gasteiger partial charge in [0.05, 0.1) is 26.9 Å². The maximum absolute atomic E-state index is 15.5. The normalized spacial score (nSPS) is 24.7. The minimum Gasteiger partial charge on any atom is -0.467 e. The number of nitrogens with one attached hydrogen (secondary N) is 6. The van der Waals surface area contributed by atoms with Crippen LogP contribution in [0.15, 0.2) is 86.2 Å². The molecule has 3 aliphatic rings. The average Bonchev–Trinajstić information content (AvgIpc) is 4.09. The summed E-state index contributed by atoms with van der Waals surface area (Å²) in [7, 11) is 1.22. The van der Waals surface area contributed by atoms with Gasteiger partial charge in [0.25, 0.3) is 0 Å². The van der Waals surface area contributed by atoms with E-state index in [0.29, 0.717) is 16.7 Å². The molecule has 3 fully saturated rings. The van der Waals surface area contributed by atoms with Crippen molar-refractivity contribution in [3.8, 4) is 0 Å². The van der Waals surface area contributed by atoms with Crippen molar-refractivity contribution in [1.82, 2.24) is 31.9 Å².